The van der Waals surface area contributed by atoms with Crippen molar-refractivity contribution in [2.24, 2.45) is 0 Å². The number of nitrogens with zero attached hydrogens (tertiary/aromatic N) is 4. The lowest BCUT2D eigenvalue weighted by atomic mass is 10.2. The molecule has 160 valence electrons. The van der Waals surface area contributed by atoms with Crippen molar-refractivity contribution in [3.05, 3.63) is 52.7 Å². The van der Waals surface area contributed by atoms with Crippen LogP contribution in [0.3, 0.4) is 0 Å². The summed E-state index contributed by atoms with van der Waals surface area (Å²) in [7, 11) is 4.52. The fourth-order valence-corrected chi connectivity index (χ4v) is 3.38. The normalized spacial score (nSPS) is 11.0. The van der Waals surface area contributed by atoms with E-state index in [1.165, 1.54) is 42.8 Å². The van der Waals surface area contributed by atoms with Crippen LogP contribution in [0.1, 0.15) is 17.3 Å². The first-order valence-electron chi connectivity index (χ1n) is 9.39. The zero-order chi connectivity index (χ0) is 22.1. The summed E-state index contributed by atoms with van der Waals surface area (Å²) in [4.78, 5) is 29.6. The Morgan fingerprint density at radius 2 is 1.77 bits per heavy atom. The molecule has 0 aliphatic heterocycles. The Bertz CT molecular complexity index is 1330. The molecule has 1 aromatic carbocycles. The zero-order valence-electron chi connectivity index (χ0n) is 17.4. The Labute approximate surface area is 176 Å². The van der Waals surface area contributed by atoms with E-state index in [0.717, 1.165) is 0 Å². The SMILES string of the molecule is CCOC(=O)c1cnn2c1ncc1c(=O)n(-c3cc(OC)c(OC)c(OC)c3)ccc12. The van der Waals surface area contributed by atoms with Gasteiger partial charge in [-0.15, -0.1) is 0 Å². The fourth-order valence-electron chi connectivity index (χ4n) is 3.38. The van der Waals surface area contributed by atoms with Gasteiger partial charge < -0.3 is 18.9 Å². The van der Waals surface area contributed by atoms with Crippen molar-refractivity contribution in [2.75, 3.05) is 27.9 Å². The van der Waals surface area contributed by atoms with Crippen LogP contribution in [0.15, 0.2) is 41.6 Å². The molecule has 0 aliphatic rings. The summed E-state index contributed by atoms with van der Waals surface area (Å²) < 4.78 is 24.0. The van der Waals surface area contributed by atoms with Gasteiger partial charge in [-0.25, -0.2) is 14.3 Å². The summed E-state index contributed by atoms with van der Waals surface area (Å²) in [6.45, 7) is 1.96. The first kappa shape index (κ1) is 20.2. The number of hydrogen-bond acceptors (Lipinski definition) is 8. The molecule has 0 bridgehead atoms. The third-order valence-corrected chi connectivity index (χ3v) is 4.82. The van der Waals surface area contributed by atoms with Crippen molar-refractivity contribution in [3.8, 4) is 22.9 Å². The molecule has 0 amide bonds. The molecule has 0 unspecified atom stereocenters. The Morgan fingerprint density at radius 1 is 1.06 bits per heavy atom. The van der Waals surface area contributed by atoms with Crippen molar-refractivity contribution >= 4 is 22.5 Å². The Balaban J connectivity index is 1.91. The maximum absolute atomic E-state index is 13.2. The molecule has 0 saturated heterocycles. The van der Waals surface area contributed by atoms with Crippen molar-refractivity contribution in [1.82, 2.24) is 19.2 Å². The van der Waals surface area contributed by atoms with Crippen molar-refractivity contribution in [2.45, 2.75) is 6.92 Å². The van der Waals surface area contributed by atoms with Crippen LogP contribution in [-0.4, -0.2) is 53.1 Å². The Hall–Kier alpha value is -4.08. The second-order valence-electron chi connectivity index (χ2n) is 6.45. The number of benzene rings is 1. The molecule has 4 aromatic rings. The van der Waals surface area contributed by atoms with Gasteiger partial charge in [0.05, 0.1) is 50.7 Å². The highest BCUT2D eigenvalue weighted by Crippen LogP contribution is 2.39. The van der Waals surface area contributed by atoms with Crippen LogP contribution in [0, 0.1) is 0 Å². The summed E-state index contributed by atoms with van der Waals surface area (Å²) in [6.07, 6.45) is 4.41. The van der Waals surface area contributed by atoms with Gasteiger partial charge in [0.15, 0.2) is 17.1 Å². The molecule has 3 aromatic heterocycles. The van der Waals surface area contributed by atoms with Gasteiger partial charge in [-0.3, -0.25) is 9.36 Å². The first-order chi connectivity index (χ1) is 15.0. The molecule has 10 heteroatoms. The third kappa shape index (κ3) is 3.21. The average molecular weight is 424 g/mol. The van der Waals surface area contributed by atoms with Crippen molar-refractivity contribution in [1.29, 1.82) is 0 Å². The maximum atomic E-state index is 13.2. The molecule has 0 atom stereocenters. The molecule has 0 N–H and O–H groups in total. The number of aromatic nitrogens is 4. The van der Waals surface area contributed by atoms with E-state index in [1.54, 1.807) is 31.3 Å². The van der Waals surface area contributed by atoms with Gasteiger partial charge in [0.2, 0.25) is 5.75 Å². The minimum absolute atomic E-state index is 0.234. The standard InChI is InChI=1S/C21H20N4O6/c1-5-31-21(27)14-11-23-25-15-6-7-24(20(26)13(15)10-22-19(14)25)12-8-16(28-2)18(30-4)17(9-12)29-3/h6-11H,5H2,1-4H3. The Morgan fingerprint density at radius 3 is 2.39 bits per heavy atom. The average Bonchev–Trinajstić information content (AvgIpc) is 3.23. The van der Waals surface area contributed by atoms with Gasteiger partial charge in [0.1, 0.15) is 5.56 Å². The second-order valence-corrected chi connectivity index (χ2v) is 6.45. The van der Waals surface area contributed by atoms with Crippen LogP contribution in [0.4, 0.5) is 0 Å². The van der Waals surface area contributed by atoms with Gasteiger partial charge in [0, 0.05) is 24.5 Å². The highest BCUT2D eigenvalue weighted by atomic mass is 16.5. The van der Waals surface area contributed by atoms with E-state index in [0.29, 0.717) is 39.5 Å². The summed E-state index contributed by atoms with van der Waals surface area (Å²) in [5.74, 6) is 0.747. The molecule has 0 aliphatic carbocycles. The number of ether oxygens (including phenoxy) is 4. The van der Waals surface area contributed by atoms with E-state index < -0.39 is 5.97 Å². The maximum Gasteiger partial charge on any atom is 0.343 e. The smallest absolute Gasteiger partial charge is 0.343 e. The molecule has 31 heavy (non-hydrogen) atoms. The van der Waals surface area contributed by atoms with Crippen LogP contribution >= 0.6 is 0 Å². The van der Waals surface area contributed by atoms with Crippen LogP contribution in [0.5, 0.6) is 17.2 Å². The first-order valence-corrected chi connectivity index (χ1v) is 9.39. The van der Waals surface area contributed by atoms with Gasteiger partial charge in [-0.05, 0) is 13.0 Å². The minimum atomic E-state index is -0.518. The molecule has 0 spiro atoms. The highest BCUT2D eigenvalue weighted by Gasteiger charge is 2.19. The predicted octanol–water partition coefficient (Wildman–Crippen LogP) is 2.24. The monoisotopic (exact) mass is 424 g/mol. The molecule has 10 nitrogen and oxygen atoms in total. The molecule has 0 fully saturated rings. The fraction of sp³-hybridized carbons (Fsp3) is 0.238. The molecule has 0 saturated carbocycles. The van der Waals surface area contributed by atoms with E-state index in [1.807, 2.05) is 0 Å². The van der Waals surface area contributed by atoms with E-state index in [9.17, 15) is 9.59 Å². The van der Waals surface area contributed by atoms with Crippen molar-refractivity contribution in [3.63, 3.8) is 0 Å². The number of methoxy groups -OCH3 is 3. The molecular weight excluding hydrogens is 404 g/mol. The number of carbonyl (C=O) groups excluding carboxylic acids is 1. The van der Waals surface area contributed by atoms with Crippen LogP contribution < -0.4 is 19.8 Å². The predicted molar refractivity (Wildman–Crippen MR) is 112 cm³/mol. The highest BCUT2D eigenvalue weighted by molar-refractivity contribution is 5.97. The van der Waals surface area contributed by atoms with E-state index >= 15 is 0 Å². The zero-order valence-corrected chi connectivity index (χ0v) is 17.4. The molecular formula is C21H20N4O6. The quantitative estimate of drug-likeness (QED) is 0.434. The van der Waals surface area contributed by atoms with Gasteiger partial charge in [-0.2, -0.15) is 5.10 Å². The number of hydrogen-bond donors (Lipinski definition) is 0. The summed E-state index contributed by atoms with van der Waals surface area (Å²) in [5, 5.41) is 4.54. The minimum Gasteiger partial charge on any atom is -0.493 e. The van der Waals surface area contributed by atoms with Crippen LogP contribution in [-0.2, 0) is 4.74 Å². The molecule has 4 rings (SSSR count). The lowest BCUT2D eigenvalue weighted by molar-refractivity contribution is 0.0528. The van der Waals surface area contributed by atoms with E-state index in [4.69, 9.17) is 18.9 Å². The molecule has 3 heterocycles. The van der Waals surface area contributed by atoms with Crippen molar-refractivity contribution < 1.29 is 23.7 Å². The van der Waals surface area contributed by atoms with Gasteiger partial charge in [-0.1, -0.05) is 0 Å². The second kappa shape index (κ2) is 7.98. The van der Waals surface area contributed by atoms with Crippen LogP contribution in [0.2, 0.25) is 0 Å². The van der Waals surface area contributed by atoms with Gasteiger partial charge >= 0.3 is 5.97 Å². The lowest BCUT2D eigenvalue weighted by Crippen LogP contribution is -2.19. The number of pyridine rings is 1. The number of rotatable bonds is 6. The summed E-state index contributed by atoms with van der Waals surface area (Å²) >= 11 is 0. The largest absolute Gasteiger partial charge is 0.493 e. The van der Waals surface area contributed by atoms with E-state index in [2.05, 4.69) is 10.1 Å². The third-order valence-electron chi connectivity index (χ3n) is 4.82. The topological polar surface area (TPSA) is 106 Å². The Kier molecular flexibility index (Phi) is 5.20. The van der Waals surface area contributed by atoms with Crippen LogP contribution in [0.25, 0.3) is 22.2 Å². The molecule has 0 radical (unpaired) electrons. The number of carbonyl (C=O) groups is 1. The van der Waals surface area contributed by atoms with Gasteiger partial charge in [0.25, 0.3) is 5.56 Å². The van der Waals surface area contributed by atoms with E-state index in [-0.39, 0.29) is 17.7 Å². The number of fused-ring (bicyclic) bond motifs is 3. The summed E-state index contributed by atoms with van der Waals surface area (Å²) in [6, 6.07) is 5.07. The lowest BCUT2D eigenvalue weighted by Gasteiger charge is -2.15. The number of esters is 1. The summed E-state index contributed by atoms with van der Waals surface area (Å²) in [5.41, 5.74) is 1.26.